The van der Waals surface area contributed by atoms with Gasteiger partial charge in [-0.15, -0.1) is 0 Å². The fraction of sp³-hybridized carbons (Fsp3) is 0.250. The predicted molar refractivity (Wildman–Crippen MR) is 173 cm³/mol. The zero-order chi connectivity index (χ0) is 27.1. The second-order valence-electron chi connectivity index (χ2n) is 11.6. The molecule has 0 aliphatic heterocycles. The van der Waals surface area contributed by atoms with Crippen LogP contribution in [0.15, 0.2) is 150 Å². The first-order valence-electron chi connectivity index (χ1n) is 15.1. The van der Waals surface area contributed by atoms with Crippen LogP contribution >= 0.6 is 0 Å². The van der Waals surface area contributed by atoms with Gasteiger partial charge in [-0.25, -0.2) is 0 Å². The number of rotatable bonds is 7. The van der Waals surface area contributed by atoms with Crippen LogP contribution in [0, 0.1) is 5.92 Å². The average molecular weight is 521 g/mol. The smallest absolute Gasteiger partial charge is 0.00561 e. The van der Waals surface area contributed by atoms with Gasteiger partial charge in [0.25, 0.3) is 0 Å². The van der Waals surface area contributed by atoms with E-state index in [4.69, 9.17) is 0 Å². The van der Waals surface area contributed by atoms with Gasteiger partial charge in [0, 0.05) is 5.92 Å². The van der Waals surface area contributed by atoms with E-state index in [1.54, 1.807) is 0 Å². The molecule has 2 aromatic rings. The summed E-state index contributed by atoms with van der Waals surface area (Å²) in [7, 11) is 0. The summed E-state index contributed by atoms with van der Waals surface area (Å²) >= 11 is 0. The molecule has 0 N–H and O–H groups in total. The highest BCUT2D eigenvalue weighted by Crippen LogP contribution is 2.37. The molecule has 0 radical (unpaired) electrons. The zero-order valence-corrected chi connectivity index (χ0v) is 23.7. The van der Waals surface area contributed by atoms with Gasteiger partial charge in [-0.05, 0) is 107 Å². The van der Waals surface area contributed by atoms with Crippen LogP contribution in [0.4, 0.5) is 0 Å². The zero-order valence-electron chi connectivity index (χ0n) is 23.7. The summed E-state index contributed by atoms with van der Waals surface area (Å²) in [5.41, 5.74) is 12.7. The van der Waals surface area contributed by atoms with Crippen molar-refractivity contribution >= 4 is 5.57 Å². The molecule has 2 unspecified atom stereocenters. The van der Waals surface area contributed by atoms with E-state index in [1.165, 1.54) is 69.4 Å². The van der Waals surface area contributed by atoms with Gasteiger partial charge in [0.15, 0.2) is 0 Å². The minimum absolute atomic E-state index is 0.439. The van der Waals surface area contributed by atoms with Crippen molar-refractivity contribution in [3.8, 4) is 11.1 Å². The molecule has 0 saturated heterocycles. The van der Waals surface area contributed by atoms with Crippen LogP contribution in [0.5, 0.6) is 0 Å². The third-order valence-electron chi connectivity index (χ3n) is 8.47. The standard InChI is InChI=1S/C40H40/c1-30-23-32(15-11-13-31-14-12-22-36(25-31)33-16-5-2-6-17-33)26-37(24-30)40-28-38(34-18-7-3-8-19-34)27-39(29-40)35-20-9-4-10-21-35/h2-5,7-11,13-14,16,18-20,23,25-30,35H,6,12,15,17,21-22,24H2,1H3. The SMILES string of the molecule is CC1C=C(CC=CC2=CCCC(C3=CC=CCC3)=C2)C=C(c2cc(-c3ccccc3)cc(C3C=CC=CC3)c2)C1. The van der Waals surface area contributed by atoms with Crippen LogP contribution in [0.3, 0.4) is 0 Å². The van der Waals surface area contributed by atoms with Crippen molar-refractivity contribution < 1.29 is 0 Å². The summed E-state index contributed by atoms with van der Waals surface area (Å²) in [6, 6.07) is 18.1. The van der Waals surface area contributed by atoms with Gasteiger partial charge < -0.3 is 0 Å². The summed E-state index contributed by atoms with van der Waals surface area (Å²) in [6.07, 6.45) is 38.0. The molecule has 2 atom stereocenters. The lowest BCUT2D eigenvalue weighted by atomic mass is 9.83. The number of hydrogen-bond donors (Lipinski definition) is 0. The lowest BCUT2D eigenvalue weighted by Crippen LogP contribution is -2.03. The van der Waals surface area contributed by atoms with E-state index in [0.717, 1.165) is 25.7 Å². The molecule has 0 spiro atoms. The van der Waals surface area contributed by atoms with Crippen LogP contribution in [0.2, 0.25) is 0 Å². The van der Waals surface area contributed by atoms with Crippen LogP contribution in [0.25, 0.3) is 16.7 Å². The van der Waals surface area contributed by atoms with Gasteiger partial charge in [0.2, 0.25) is 0 Å². The Balaban J connectivity index is 1.24. The molecule has 0 heteroatoms. The molecular formula is C40H40. The van der Waals surface area contributed by atoms with Crippen molar-refractivity contribution in [2.45, 2.75) is 57.8 Å². The van der Waals surface area contributed by atoms with Gasteiger partial charge in [-0.2, -0.15) is 0 Å². The third kappa shape index (κ3) is 6.45. The van der Waals surface area contributed by atoms with E-state index in [-0.39, 0.29) is 0 Å². The Morgan fingerprint density at radius 2 is 1.68 bits per heavy atom. The first kappa shape index (κ1) is 26.3. The Labute approximate surface area is 240 Å². The van der Waals surface area contributed by atoms with Gasteiger partial charge >= 0.3 is 0 Å². The number of benzene rings is 2. The van der Waals surface area contributed by atoms with Crippen molar-refractivity contribution in [3.05, 3.63) is 161 Å². The molecule has 4 aliphatic rings. The highest BCUT2D eigenvalue weighted by Gasteiger charge is 2.17. The maximum atomic E-state index is 2.47. The summed E-state index contributed by atoms with van der Waals surface area (Å²) in [5.74, 6) is 0.977. The first-order chi connectivity index (χ1) is 19.7. The average Bonchev–Trinajstić information content (AvgIpc) is 3.02. The lowest BCUT2D eigenvalue weighted by Gasteiger charge is -2.22. The largest absolute Gasteiger partial charge is 0.0842 e. The van der Waals surface area contributed by atoms with Crippen LogP contribution in [0.1, 0.15) is 68.9 Å². The molecule has 2 aromatic carbocycles. The van der Waals surface area contributed by atoms with E-state index in [2.05, 4.69) is 134 Å². The molecule has 0 nitrogen and oxygen atoms in total. The molecule has 40 heavy (non-hydrogen) atoms. The van der Waals surface area contributed by atoms with Crippen molar-refractivity contribution in [2.75, 3.05) is 0 Å². The van der Waals surface area contributed by atoms with Crippen molar-refractivity contribution in [2.24, 2.45) is 5.92 Å². The summed E-state index contributed by atoms with van der Waals surface area (Å²) in [5, 5.41) is 0. The fourth-order valence-electron chi connectivity index (χ4n) is 6.40. The first-order valence-corrected chi connectivity index (χ1v) is 15.1. The van der Waals surface area contributed by atoms with Gasteiger partial charge in [0.05, 0.1) is 0 Å². The Morgan fingerprint density at radius 1 is 0.800 bits per heavy atom. The van der Waals surface area contributed by atoms with Gasteiger partial charge in [-0.3, -0.25) is 0 Å². The topological polar surface area (TPSA) is 0 Å². The van der Waals surface area contributed by atoms with Crippen molar-refractivity contribution in [3.63, 3.8) is 0 Å². The van der Waals surface area contributed by atoms with E-state index in [9.17, 15) is 0 Å². The Kier molecular flexibility index (Phi) is 8.24. The van der Waals surface area contributed by atoms with Gasteiger partial charge in [0.1, 0.15) is 0 Å². The Bertz CT molecular complexity index is 1510. The molecular weight excluding hydrogens is 480 g/mol. The van der Waals surface area contributed by atoms with E-state index in [0.29, 0.717) is 11.8 Å². The molecule has 0 fully saturated rings. The maximum Gasteiger partial charge on any atom is 0.00561 e. The Hall–Kier alpha value is -3.90. The highest BCUT2D eigenvalue weighted by atomic mass is 14.2. The second-order valence-corrected chi connectivity index (χ2v) is 11.6. The molecule has 0 bridgehead atoms. The molecule has 0 amide bonds. The molecule has 4 aliphatic carbocycles. The lowest BCUT2D eigenvalue weighted by molar-refractivity contribution is 0.738. The van der Waals surface area contributed by atoms with Crippen molar-refractivity contribution in [1.29, 1.82) is 0 Å². The summed E-state index contributed by atoms with van der Waals surface area (Å²) in [6.45, 7) is 2.36. The van der Waals surface area contributed by atoms with E-state index >= 15 is 0 Å². The van der Waals surface area contributed by atoms with Crippen molar-refractivity contribution in [1.82, 2.24) is 0 Å². The summed E-state index contributed by atoms with van der Waals surface area (Å²) < 4.78 is 0. The molecule has 200 valence electrons. The maximum absolute atomic E-state index is 2.47. The van der Waals surface area contributed by atoms with Crippen LogP contribution in [-0.2, 0) is 0 Å². The van der Waals surface area contributed by atoms with E-state index in [1.807, 2.05) is 0 Å². The summed E-state index contributed by atoms with van der Waals surface area (Å²) in [4.78, 5) is 0. The minimum atomic E-state index is 0.439. The van der Waals surface area contributed by atoms with E-state index < -0.39 is 0 Å². The molecule has 6 rings (SSSR count). The predicted octanol–water partition coefficient (Wildman–Crippen LogP) is 11.2. The number of allylic oxidation sites excluding steroid dienone is 18. The molecule has 0 saturated carbocycles. The monoisotopic (exact) mass is 520 g/mol. The molecule has 0 heterocycles. The normalized spacial score (nSPS) is 22.5. The van der Waals surface area contributed by atoms with Crippen LogP contribution in [-0.4, -0.2) is 0 Å². The fourth-order valence-corrected chi connectivity index (χ4v) is 6.40. The van der Waals surface area contributed by atoms with Crippen LogP contribution < -0.4 is 0 Å². The number of hydrogen-bond acceptors (Lipinski definition) is 0. The second kappa shape index (κ2) is 12.5. The van der Waals surface area contributed by atoms with Gasteiger partial charge in [-0.1, -0.05) is 128 Å². The minimum Gasteiger partial charge on any atom is -0.0842 e. The Morgan fingerprint density at radius 3 is 2.50 bits per heavy atom. The third-order valence-corrected chi connectivity index (χ3v) is 8.47. The highest BCUT2D eigenvalue weighted by molar-refractivity contribution is 5.76. The molecule has 0 aromatic heterocycles. The quantitative estimate of drug-likeness (QED) is 0.340.